The molecule has 0 aliphatic carbocycles. The highest BCUT2D eigenvalue weighted by Gasteiger charge is 2.35. The van der Waals surface area contributed by atoms with Crippen LogP contribution >= 0.6 is 11.6 Å². The molecule has 1 aliphatic heterocycles. The van der Waals surface area contributed by atoms with Crippen LogP contribution in [0, 0.1) is 11.8 Å². The van der Waals surface area contributed by atoms with E-state index in [1.54, 1.807) is 0 Å². The molecule has 3 atom stereocenters. The van der Waals surface area contributed by atoms with Crippen molar-refractivity contribution in [2.45, 2.75) is 39.2 Å². The van der Waals surface area contributed by atoms with Crippen molar-refractivity contribution in [1.82, 2.24) is 0 Å². The summed E-state index contributed by atoms with van der Waals surface area (Å²) in [6, 6.07) is 23.2. The average Bonchev–Trinajstić information content (AvgIpc) is 2.89. The van der Waals surface area contributed by atoms with E-state index in [4.69, 9.17) is 25.8 Å². The Morgan fingerprint density at radius 3 is 2.33 bits per heavy atom. The zero-order chi connectivity index (χ0) is 25.5. The predicted octanol–water partition coefficient (Wildman–Crippen LogP) is 7.27. The molecule has 0 aromatic heterocycles. The van der Waals surface area contributed by atoms with Crippen LogP contribution < -0.4 is 14.8 Å². The zero-order valence-corrected chi connectivity index (χ0v) is 21.8. The van der Waals surface area contributed by atoms with Crippen molar-refractivity contribution in [1.29, 1.82) is 0 Å². The second-order valence-electron chi connectivity index (χ2n) is 9.48. The summed E-state index contributed by atoms with van der Waals surface area (Å²) in [4.78, 5) is 12.3. The van der Waals surface area contributed by atoms with Gasteiger partial charge in [-0.15, -0.1) is 0 Å². The van der Waals surface area contributed by atoms with Gasteiger partial charge >= 0.3 is 0 Å². The maximum Gasteiger partial charge on any atom is 0.262 e. The standard InChI is InChI=1S/C30H34ClNO4/c1-4-34-24-15-11-23(12-16-24)32-29(33)19-35-25-13-9-21(10-14-25)30-27(20(2)3)17-22(18-36-30)26-7-5-6-8-28(26)31/h5-16,20,22,27,30H,4,17-19H2,1-3H3,(H,32,33)/t22-,27-,30-/m0/s1. The van der Waals surface area contributed by atoms with Crippen molar-refractivity contribution < 1.29 is 19.0 Å². The minimum Gasteiger partial charge on any atom is -0.494 e. The fourth-order valence-electron chi connectivity index (χ4n) is 4.75. The van der Waals surface area contributed by atoms with Gasteiger partial charge in [-0.2, -0.15) is 0 Å². The number of hydrogen-bond acceptors (Lipinski definition) is 4. The molecule has 3 aromatic rings. The van der Waals surface area contributed by atoms with E-state index in [1.165, 1.54) is 0 Å². The summed E-state index contributed by atoms with van der Waals surface area (Å²) in [5.41, 5.74) is 2.99. The van der Waals surface area contributed by atoms with Gasteiger partial charge in [0.25, 0.3) is 5.91 Å². The minimum atomic E-state index is -0.218. The largest absolute Gasteiger partial charge is 0.494 e. The van der Waals surface area contributed by atoms with E-state index in [9.17, 15) is 4.79 Å². The fraction of sp³-hybridized carbons (Fsp3) is 0.367. The Bertz CT molecular complexity index is 1130. The maximum absolute atomic E-state index is 12.3. The molecule has 1 N–H and O–H groups in total. The lowest BCUT2D eigenvalue weighted by atomic mass is 9.76. The quantitative estimate of drug-likeness (QED) is 0.331. The van der Waals surface area contributed by atoms with Crippen molar-refractivity contribution in [3.8, 4) is 11.5 Å². The van der Waals surface area contributed by atoms with Crippen molar-refractivity contribution in [2.75, 3.05) is 25.1 Å². The first-order chi connectivity index (χ1) is 17.4. The van der Waals surface area contributed by atoms with Gasteiger partial charge < -0.3 is 19.5 Å². The van der Waals surface area contributed by atoms with Crippen molar-refractivity contribution in [3.63, 3.8) is 0 Å². The lowest BCUT2D eigenvalue weighted by Crippen LogP contribution is -2.31. The van der Waals surface area contributed by atoms with Crippen LogP contribution in [0.25, 0.3) is 0 Å². The third kappa shape index (κ3) is 6.59. The lowest BCUT2D eigenvalue weighted by Gasteiger charge is -2.39. The molecule has 5 nitrogen and oxygen atoms in total. The van der Waals surface area contributed by atoms with Crippen molar-refractivity contribution >= 4 is 23.2 Å². The van der Waals surface area contributed by atoms with E-state index in [1.807, 2.05) is 73.7 Å². The molecule has 1 amide bonds. The second kappa shape index (κ2) is 12.3. The molecule has 1 aliphatic rings. The van der Waals surface area contributed by atoms with Crippen molar-refractivity contribution in [3.05, 3.63) is 88.9 Å². The van der Waals surface area contributed by atoms with Gasteiger partial charge in [0.05, 0.1) is 19.3 Å². The van der Waals surface area contributed by atoms with Crippen LogP contribution in [0.4, 0.5) is 5.69 Å². The van der Waals surface area contributed by atoms with Crippen LogP contribution in [-0.2, 0) is 9.53 Å². The Hall–Kier alpha value is -3.02. The number of halogens is 1. The molecule has 0 radical (unpaired) electrons. The molecule has 6 heteroatoms. The monoisotopic (exact) mass is 507 g/mol. The first-order valence-electron chi connectivity index (χ1n) is 12.6. The number of anilines is 1. The number of rotatable bonds is 9. The average molecular weight is 508 g/mol. The highest BCUT2D eigenvalue weighted by Crippen LogP contribution is 2.44. The summed E-state index contributed by atoms with van der Waals surface area (Å²) in [5.74, 6) is 2.32. The third-order valence-corrected chi connectivity index (χ3v) is 7.00. The highest BCUT2D eigenvalue weighted by molar-refractivity contribution is 6.31. The lowest BCUT2D eigenvalue weighted by molar-refractivity contribution is -0.118. The molecular formula is C30H34ClNO4. The van der Waals surface area contributed by atoms with Crippen LogP contribution in [0.15, 0.2) is 72.8 Å². The molecule has 0 saturated carbocycles. The number of amides is 1. The number of carbonyl (C=O) groups is 1. The number of benzene rings is 3. The van der Waals surface area contributed by atoms with Crippen LogP contribution in [0.2, 0.25) is 5.02 Å². The zero-order valence-electron chi connectivity index (χ0n) is 21.1. The van der Waals surface area contributed by atoms with Gasteiger partial charge in [0.2, 0.25) is 0 Å². The number of nitrogens with one attached hydrogen (secondary N) is 1. The normalized spacial score (nSPS) is 19.6. The van der Waals surface area contributed by atoms with Gasteiger partial charge in [-0.25, -0.2) is 0 Å². The van der Waals surface area contributed by atoms with E-state index < -0.39 is 0 Å². The van der Waals surface area contributed by atoms with Gasteiger partial charge in [0, 0.05) is 16.6 Å². The molecule has 4 rings (SSSR count). The van der Waals surface area contributed by atoms with Crippen LogP contribution in [-0.4, -0.2) is 25.7 Å². The number of hydrogen-bond donors (Lipinski definition) is 1. The van der Waals surface area contributed by atoms with Gasteiger partial charge in [-0.05, 0) is 78.8 Å². The number of ether oxygens (including phenoxy) is 3. The van der Waals surface area contributed by atoms with E-state index in [2.05, 4.69) is 25.2 Å². The van der Waals surface area contributed by atoms with Crippen molar-refractivity contribution in [2.24, 2.45) is 11.8 Å². The topological polar surface area (TPSA) is 56.8 Å². The molecule has 0 bridgehead atoms. The molecule has 36 heavy (non-hydrogen) atoms. The van der Waals surface area contributed by atoms with Gasteiger partial charge in [0.1, 0.15) is 11.5 Å². The summed E-state index contributed by atoms with van der Waals surface area (Å²) in [5, 5.41) is 3.64. The van der Waals surface area contributed by atoms with Gasteiger partial charge in [-0.1, -0.05) is 55.8 Å². The summed E-state index contributed by atoms with van der Waals surface area (Å²) in [6.45, 7) is 7.60. The van der Waals surface area contributed by atoms with E-state index >= 15 is 0 Å². The molecular weight excluding hydrogens is 474 g/mol. The van der Waals surface area contributed by atoms with E-state index in [0.717, 1.165) is 28.3 Å². The summed E-state index contributed by atoms with van der Waals surface area (Å²) in [6.07, 6.45) is 1.04. The molecule has 0 spiro atoms. The Morgan fingerprint density at radius 1 is 1.00 bits per heavy atom. The highest BCUT2D eigenvalue weighted by atomic mass is 35.5. The molecule has 1 heterocycles. The molecule has 1 fully saturated rings. The molecule has 0 unspecified atom stereocenters. The van der Waals surface area contributed by atoms with Crippen LogP contribution in [0.1, 0.15) is 50.3 Å². The van der Waals surface area contributed by atoms with Gasteiger partial charge in [0.15, 0.2) is 6.61 Å². The van der Waals surface area contributed by atoms with Gasteiger partial charge in [-0.3, -0.25) is 4.79 Å². The Kier molecular flexibility index (Phi) is 8.89. The smallest absolute Gasteiger partial charge is 0.262 e. The SMILES string of the molecule is CCOc1ccc(NC(=O)COc2ccc([C@@H]3OC[C@@H](c4ccccc4Cl)C[C@H]3C(C)C)cc2)cc1. The van der Waals surface area contributed by atoms with Crippen LogP contribution in [0.3, 0.4) is 0 Å². The Morgan fingerprint density at radius 2 is 1.67 bits per heavy atom. The summed E-state index contributed by atoms with van der Waals surface area (Å²) >= 11 is 6.47. The maximum atomic E-state index is 12.3. The first kappa shape index (κ1) is 26.1. The van der Waals surface area contributed by atoms with Crippen LogP contribution in [0.5, 0.6) is 11.5 Å². The third-order valence-electron chi connectivity index (χ3n) is 6.65. The molecule has 190 valence electrons. The summed E-state index contributed by atoms with van der Waals surface area (Å²) < 4.78 is 17.6. The number of carbonyl (C=O) groups excluding carboxylic acids is 1. The second-order valence-corrected chi connectivity index (χ2v) is 9.89. The Balaban J connectivity index is 1.33. The van der Waals surface area contributed by atoms with E-state index in [-0.39, 0.29) is 18.6 Å². The summed E-state index contributed by atoms with van der Waals surface area (Å²) in [7, 11) is 0. The van der Waals surface area contributed by atoms with E-state index in [0.29, 0.717) is 42.4 Å². The molecule has 3 aromatic carbocycles. The fourth-order valence-corrected chi connectivity index (χ4v) is 5.04. The first-order valence-corrected chi connectivity index (χ1v) is 12.9. The predicted molar refractivity (Wildman–Crippen MR) is 144 cm³/mol. The Labute approximate surface area is 218 Å². The minimum absolute atomic E-state index is 0.0146. The molecule has 1 saturated heterocycles.